The number of hydrogen-bond donors (Lipinski definition) is 2. The van der Waals surface area contributed by atoms with Crippen molar-refractivity contribution in [3.63, 3.8) is 0 Å². The number of guanidine groups is 1. The Morgan fingerprint density at radius 2 is 2.20 bits per heavy atom. The average Bonchev–Trinajstić information content (AvgIpc) is 2.28. The Kier molecular flexibility index (Phi) is 5.31. The molecule has 0 atom stereocenters. The van der Waals surface area contributed by atoms with Crippen molar-refractivity contribution in [1.82, 2.24) is 10.6 Å². The molecule has 0 aliphatic heterocycles. The van der Waals surface area contributed by atoms with E-state index < -0.39 is 0 Å². The minimum atomic E-state index is 0.461. The maximum Gasteiger partial charge on any atom is 0.205 e. The molecule has 4 heteroatoms. The third-order valence-corrected chi connectivity index (χ3v) is 2.50. The first-order chi connectivity index (χ1) is 7.36. The van der Waals surface area contributed by atoms with Crippen LogP contribution in [0.15, 0.2) is 17.6 Å². The molecule has 0 unspecified atom stereocenters. The lowest BCUT2D eigenvalue weighted by Gasteiger charge is -2.23. The molecule has 0 spiro atoms. The summed E-state index contributed by atoms with van der Waals surface area (Å²) in [5.41, 5.74) is 0. The van der Waals surface area contributed by atoms with Gasteiger partial charge in [0.2, 0.25) is 5.96 Å². The van der Waals surface area contributed by atoms with Crippen LogP contribution >= 0.6 is 0 Å². The van der Waals surface area contributed by atoms with E-state index in [4.69, 9.17) is 5.26 Å². The molecule has 1 aliphatic rings. The van der Waals surface area contributed by atoms with Gasteiger partial charge in [-0.3, -0.25) is 5.32 Å². The number of nitriles is 1. The summed E-state index contributed by atoms with van der Waals surface area (Å²) in [4.78, 5) is 4.18. The Hall–Kier alpha value is -1.50. The molecule has 0 amide bonds. The highest BCUT2D eigenvalue weighted by Crippen LogP contribution is 2.17. The van der Waals surface area contributed by atoms with Crippen molar-refractivity contribution >= 4 is 5.96 Å². The summed E-state index contributed by atoms with van der Waals surface area (Å²) >= 11 is 0. The van der Waals surface area contributed by atoms with Crippen molar-refractivity contribution in [1.29, 1.82) is 5.26 Å². The topological polar surface area (TPSA) is 60.2 Å². The van der Waals surface area contributed by atoms with E-state index in [0.717, 1.165) is 0 Å². The lowest BCUT2D eigenvalue weighted by atomic mass is 9.96. The fourth-order valence-corrected chi connectivity index (χ4v) is 1.77. The normalized spacial score (nSPS) is 17.9. The fraction of sp³-hybridized carbons (Fsp3) is 0.636. The number of nitrogens with one attached hydrogen (secondary N) is 2. The van der Waals surface area contributed by atoms with Gasteiger partial charge in [0.25, 0.3) is 0 Å². The highest BCUT2D eigenvalue weighted by atomic mass is 15.2. The molecule has 4 nitrogen and oxygen atoms in total. The van der Waals surface area contributed by atoms with Gasteiger partial charge in [0.05, 0.1) is 6.54 Å². The summed E-state index contributed by atoms with van der Waals surface area (Å²) in [7, 11) is 0. The van der Waals surface area contributed by atoms with Crippen LogP contribution in [-0.4, -0.2) is 18.5 Å². The highest BCUT2D eigenvalue weighted by molar-refractivity contribution is 5.81. The number of nitrogens with zero attached hydrogens (tertiary/aromatic N) is 2. The maximum absolute atomic E-state index is 8.56. The van der Waals surface area contributed by atoms with Crippen molar-refractivity contribution in [2.45, 2.75) is 38.1 Å². The molecule has 1 saturated carbocycles. The predicted octanol–water partition coefficient (Wildman–Crippen LogP) is 1.52. The smallest absolute Gasteiger partial charge is 0.205 e. The van der Waals surface area contributed by atoms with Crippen LogP contribution in [0.3, 0.4) is 0 Å². The van der Waals surface area contributed by atoms with E-state index in [0.29, 0.717) is 18.5 Å². The number of hydrogen-bond acceptors (Lipinski definition) is 2. The van der Waals surface area contributed by atoms with Gasteiger partial charge in [-0.05, 0) is 12.8 Å². The third-order valence-electron chi connectivity index (χ3n) is 2.50. The molecule has 0 bridgehead atoms. The van der Waals surface area contributed by atoms with Gasteiger partial charge in [0.15, 0.2) is 6.19 Å². The summed E-state index contributed by atoms with van der Waals surface area (Å²) < 4.78 is 0. The minimum Gasteiger partial charge on any atom is -0.353 e. The average molecular weight is 206 g/mol. The second-order valence-corrected chi connectivity index (χ2v) is 3.69. The second kappa shape index (κ2) is 6.88. The van der Waals surface area contributed by atoms with E-state index in [1.807, 2.05) is 6.19 Å². The van der Waals surface area contributed by atoms with Crippen LogP contribution < -0.4 is 10.6 Å². The van der Waals surface area contributed by atoms with Crippen molar-refractivity contribution in [3.8, 4) is 6.19 Å². The first-order valence-corrected chi connectivity index (χ1v) is 5.44. The van der Waals surface area contributed by atoms with E-state index in [2.05, 4.69) is 22.2 Å². The van der Waals surface area contributed by atoms with E-state index in [1.165, 1.54) is 32.1 Å². The van der Waals surface area contributed by atoms with Crippen molar-refractivity contribution in [2.75, 3.05) is 6.54 Å². The van der Waals surface area contributed by atoms with Crippen LogP contribution in [0.2, 0.25) is 0 Å². The predicted molar refractivity (Wildman–Crippen MR) is 61.3 cm³/mol. The zero-order chi connectivity index (χ0) is 10.9. The summed E-state index contributed by atoms with van der Waals surface area (Å²) in [5.74, 6) is 0.573. The summed E-state index contributed by atoms with van der Waals surface area (Å²) in [5, 5.41) is 14.4. The minimum absolute atomic E-state index is 0.461. The molecule has 2 N–H and O–H groups in total. The lowest BCUT2D eigenvalue weighted by Crippen LogP contribution is -2.42. The first kappa shape index (κ1) is 11.6. The van der Waals surface area contributed by atoms with Gasteiger partial charge in [-0.15, -0.1) is 6.58 Å². The van der Waals surface area contributed by atoms with Crippen LogP contribution in [0.4, 0.5) is 0 Å². The number of rotatable bonds is 3. The molecular weight excluding hydrogens is 188 g/mol. The Morgan fingerprint density at radius 1 is 1.47 bits per heavy atom. The first-order valence-electron chi connectivity index (χ1n) is 5.44. The van der Waals surface area contributed by atoms with Gasteiger partial charge in [-0.2, -0.15) is 5.26 Å². The third kappa shape index (κ3) is 4.50. The Morgan fingerprint density at radius 3 is 2.80 bits per heavy atom. The van der Waals surface area contributed by atoms with Crippen LogP contribution in [0.25, 0.3) is 0 Å². The van der Waals surface area contributed by atoms with Crippen LogP contribution in [-0.2, 0) is 0 Å². The standard InChI is InChI=1S/C11H18N4/c1-2-8-13-11(14-9-12)15-10-6-4-3-5-7-10/h2,10H,1,3-8H2,(H2,13,14,15). The zero-order valence-corrected chi connectivity index (χ0v) is 9.00. The van der Waals surface area contributed by atoms with Gasteiger partial charge in [0, 0.05) is 6.04 Å². The molecular formula is C11H18N4. The molecule has 0 saturated heterocycles. The molecule has 1 fully saturated rings. The van der Waals surface area contributed by atoms with Gasteiger partial charge in [0.1, 0.15) is 0 Å². The van der Waals surface area contributed by atoms with Crippen molar-refractivity contribution in [2.24, 2.45) is 4.99 Å². The largest absolute Gasteiger partial charge is 0.353 e. The van der Waals surface area contributed by atoms with Crippen LogP contribution in [0.5, 0.6) is 0 Å². The molecule has 1 aliphatic carbocycles. The molecule has 0 aromatic heterocycles. The second-order valence-electron chi connectivity index (χ2n) is 3.69. The van der Waals surface area contributed by atoms with E-state index in [1.54, 1.807) is 6.08 Å². The summed E-state index contributed by atoms with van der Waals surface area (Å²) in [6.07, 6.45) is 9.78. The van der Waals surface area contributed by atoms with Gasteiger partial charge < -0.3 is 5.32 Å². The molecule has 0 aromatic carbocycles. The quantitative estimate of drug-likeness (QED) is 0.242. The lowest BCUT2D eigenvalue weighted by molar-refractivity contribution is 0.411. The zero-order valence-electron chi connectivity index (χ0n) is 9.00. The molecule has 15 heavy (non-hydrogen) atoms. The monoisotopic (exact) mass is 206 g/mol. The van der Waals surface area contributed by atoms with Crippen LogP contribution in [0.1, 0.15) is 32.1 Å². The Bertz CT molecular complexity index is 258. The fourth-order valence-electron chi connectivity index (χ4n) is 1.77. The van der Waals surface area contributed by atoms with Gasteiger partial charge >= 0.3 is 0 Å². The molecule has 0 heterocycles. The number of aliphatic imine (C=N–C) groups is 1. The molecule has 1 rings (SSSR count). The summed E-state index contributed by atoms with van der Waals surface area (Å²) in [6.45, 7) is 4.13. The van der Waals surface area contributed by atoms with Crippen molar-refractivity contribution in [3.05, 3.63) is 12.7 Å². The SMILES string of the molecule is C=CCN=C(NC#N)NC1CCCCC1. The van der Waals surface area contributed by atoms with Gasteiger partial charge in [-0.1, -0.05) is 25.3 Å². The van der Waals surface area contributed by atoms with E-state index in [9.17, 15) is 0 Å². The molecule has 82 valence electrons. The van der Waals surface area contributed by atoms with E-state index in [-0.39, 0.29) is 0 Å². The highest BCUT2D eigenvalue weighted by Gasteiger charge is 2.14. The Balaban J connectivity index is 2.42. The maximum atomic E-state index is 8.56. The Labute approximate surface area is 91.1 Å². The molecule has 0 aromatic rings. The molecule has 0 radical (unpaired) electrons. The summed E-state index contributed by atoms with van der Waals surface area (Å²) in [6, 6.07) is 0.461. The van der Waals surface area contributed by atoms with Gasteiger partial charge in [-0.25, -0.2) is 4.99 Å². The van der Waals surface area contributed by atoms with E-state index >= 15 is 0 Å². The van der Waals surface area contributed by atoms with Crippen molar-refractivity contribution < 1.29 is 0 Å². The van der Waals surface area contributed by atoms with Crippen LogP contribution in [0, 0.1) is 11.5 Å².